The summed E-state index contributed by atoms with van der Waals surface area (Å²) in [6.07, 6.45) is 3.11. The Morgan fingerprint density at radius 1 is 1.50 bits per heavy atom. The third-order valence-corrected chi connectivity index (χ3v) is 4.42. The van der Waals surface area contributed by atoms with Crippen molar-refractivity contribution in [3.05, 3.63) is 15.9 Å². The van der Waals surface area contributed by atoms with Crippen LogP contribution >= 0.6 is 15.9 Å². The fraction of sp³-hybridized carbons (Fsp3) is 0.769. The average Bonchev–Trinajstić information content (AvgIpc) is 3.17. The molecule has 1 aliphatic carbocycles. The molecule has 1 aromatic heterocycles. The smallest absolute Gasteiger partial charge is 0.0767 e. The van der Waals surface area contributed by atoms with Gasteiger partial charge in [-0.2, -0.15) is 5.10 Å². The van der Waals surface area contributed by atoms with Crippen molar-refractivity contribution in [3.63, 3.8) is 0 Å². The molecule has 18 heavy (non-hydrogen) atoms. The normalized spacial score (nSPS) is 17.1. The number of halogens is 1. The van der Waals surface area contributed by atoms with E-state index in [2.05, 4.69) is 40.2 Å². The second-order valence-electron chi connectivity index (χ2n) is 4.91. The molecular formula is C13H22BrN3O. The van der Waals surface area contributed by atoms with E-state index >= 15 is 0 Å². The van der Waals surface area contributed by atoms with E-state index in [1.165, 1.54) is 18.5 Å². The summed E-state index contributed by atoms with van der Waals surface area (Å²) in [5.74, 6) is 0.531. The molecule has 0 bridgehead atoms. The molecule has 1 fully saturated rings. The minimum atomic E-state index is -0.188. The van der Waals surface area contributed by atoms with Gasteiger partial charge in [0.25, 0.3) is 0 Å². The number of aromatic nitrogens is 2. The Morgan fingerprint density at radius 2 is 2.22 bits per heavy atom. The molecule has 0 saturated heterocycles. The highest BCUT2D eigenvalue weighted by atomic mass is 79.9. The average molecular weight is 316 g/mol. The van der Waals surface area contributed by atoms with Crippen LogP contribution in [0.15, 0.2) is 4.47 Å². The van der Waals surface area contributed by atoms with Crippen molar-refractivity contribution in [1.82, 2.24) is 15.1 Å². The molecule has 4 nitrogen and oxygen atoms in total. The lowest BCUT2D eigenvalue weighted by Gasteiger charge is -2.11. The van der Waals surface area contributed by atoms with Crippen molar-refractivity contribution >= 4 is 15.9 Å². The largest absolute Gasteiger partial charge is 0.392 e. The van der Waals surface area contributed by atoms with Crippen molar-refractivity contribution in [3.8, 4) is 0 Å². The topological polar surface area (TPSA) is 50.1 Å². The van der Waals surface area contributed by atoms with Crippen LogP contribution in [0.25, 0.3) is 0 Å². The van der Waals surface area contributed by atoms with E-state index in [4.69, 9.17) is 0 Å². The molecule has 1 aromatic rings. The zero-order valence-corrected chi connectivity index (χ0v) is 12.7. The van der Waals surface area contributed by atoms with Crippen LogP contribution in [0.1, 0.15) is 38.1 Å². The van der Waals surface area contributed by atoms with E-state index in [1.54, 1.807) is 0 Å². The second-order valence-corrected chi connectivity index (χ2v) is 5.71. The van der Waals surface area contributed by atoms with Crippen molar-refractivity contribution in [2.75, 3.05) is 6.54 Å². The van der Waals surface area contributed by atoms with Crippen LogP contribution in [0, 0.1) is 5.92 Å². The Balaban J connectivity index is 1.92. The Morgan fingerprint density at radius 3 is 2.78 bits per heavy atom. The highest BCUT2D eigenvalue weighted by Gasteiger charge is 2.29. The predicted octanol–water partition coefficient (Wildman–Crippen LogP) is 2.09. The molecule has 0 aromatic carbocycles. The number of rotatable bonds is 7. The van der Waals surface area contributed by atoms with Gasteiger partial charge in [-0.05, 0) is 48.0 Å². The van der Waals surface area contributed by atoms with Crippen molar-refractivity contribution < 1.29 is 5.11 Å². The number of aliphatic hydroxyl groups is 1. The molecule has 102 valence electrons. The Hall–Kier alpha value is -0.390. The van der Waals surface area contributed by atoms with E-state index in [0.29, 0.717) is 12.5 Å². The molecular weight excluding hydrogens is 294 g/mol. The van der Waals surface area contributed by atoms with Crippen LogP contribution in [-0.2, 0) is 19.5 Å². The van der Waals surface area contributed by atoms with Gasteiger partial charge in [0, 0.05) is 19.6 Å². The molecule has 1 aliphatic rings. The quantitative estimate of drug-likeness (QED) is 0.810. The highest BCUT2D eigenvalue weighted by Crippen LogP contribution is 2.32. The monoisotopic (exact) mass is 315 g/mol. The Bertz CT molecular complexity index is 401. The van der Waals surface area contributed by atoms with E-state index in [9.17, 15) is 5.11 Å². The van der Waals surface area contributed by atoms with Gasteiger partial charge < -0.3 is 10.4 Å². The van der Waals surface area contributed by atoms with Gasteiger partial charge in [0.2, 0.25) is 0 Å². The molecule has 0 radical (unpaired) electrons. The van der Waals surface area contributed by atoms with E-state index in [-0.39, 0.29) is 6.10 Å². The van der Waals surface area contributed by atoms with Crippen LogP contribution in [-0.4, -0.2) is 27.5 Å². The number of aliphatic hydroxyl groups excluding tert-OH is 1. The second kappa shape index (κ2) is 6.17. The predicted molar refractivity (Wildman–Crippen MR) is 75.4 cm³/mol. The summed E-state index contributed by atoms with van der Waals surface area (Å²) < 4.78 is 3.14. The van der Waals surface area contributed by atoms with Crippen LogP contribution < -0.4 is 5.32 Å². The Kier molecular flexibility index (Phi) is 4.81. The molecule has 5 heteroatoms. The molecule has 2 rings (SSSR count). The van der Waals surface area contributed by atoms with Gasteiger partial charge in [-0.3, -0.25) is 4.68 Å². The maximum absolute atomic E-state index is 9.82. The number of aryl methyl sites for hydroxylation is 2. The first kappa shape index (κ1) is 14.0. The molecule has 0 spiro atoms. The summed E-state index contributed by atoms with van der Waals surface area (Å²) in [5, 5.41) is 17.7. The van der Waals surface area contributed by atoms with Gasteiger partial charge in [-0.1, -0.05) is 6.92 Å². The molecule has 0 amide bonds. The first-order valence-electron chi connectivity index (χ1n) is 6.80. The van der Waals surface area contributed by atoms with Crippen LogP contribution in [0.5, 0.6) is 0 Å². The fourth-order valence-corrected chi connectivity index (χ4v) is 2.88. The molecule has 1 unspecified atom stereocenters. The van der Waals surface area contributed by atoms with Gasteiger partial charge in [-0.25, -0.2) is 0 Å². The van der Waals surface area contributed by atoms with Crippen molar-refractivity contribution in [1.29, 1.82) is 0 Å². The zero-order valence-electron chi connectivity index (χ0n) is 11.1. The van der Waals surface area contributed by atoms with E-state index in [1.807, 2.05) is 4.68 Å². The summed E-state index contributed by atoms with van der Waals surface area (Å²) >= 11 is 3.63. The molecule has 1 heterocycles. The lowest BCUT2D eigenvalue weighted by Crippen LogP contribution is -2.28. The van der Waals surface area contributed by atoms with Crippen molar-refractivity contribution in [2.45, 2.75) is 52.3 Å². The standard InChI is InChI=1S/C13H22BrN3O/c1-3-10-13(14)11(17(4-2)16-10)7-15-8-12(18)9-5-6-9/h9,12,15,18H,3-8H2,1-2H3. The SMILES string of the molecule is CCc1nn(CC)c(CNCC(O)C2CC2)c1Br. The third kappa shape index (κ3) is 3.13. The number of nitrogens with zero attached hydrogens (tertiary/aromatic N) is 2. The number of nitrogens with one attached hydrogen (secondary N) is 1. The summed E-state index contributed by atoms with van der Waals surface area (Å²) in [5.41, 5.74) is 2.29. The molecule has 1 saturated carbocycles. The van der Waals surface area contributed by atoms with Crippen molar-refractivity contribution in [2.24, 2.45) is 5.92 Å². The first-order valence-corrected chi connectivity index (χ1v) is 7.59. The van der Waals surface area contributed by atoms with Gasteiger partial charge in [-0.15, -0.1) is 0 Å². The van der Waals surface area contributed by atoms with E-state index in [0.717, 1.165) is 29.7 Å². The zero-order chi connectivity index (χ0) is 13.1. The lowest BCUT2D eigenvalue weighted by atomic mass is 10.2. The minimum absolute atomic E-state index is 0.188. The van der Waals surface area contributed by atoms with Crippen LogP contribution in [0.4, 0.5) is 0 Å². The lowest BCUT2D eigenvalue weighted by molar-refractivity contribution is 0.148. The maximum atomic E-state index is 9.82. The van der Waals surface area contributed by atoms with Crippen LogP contribution in [0.3, 0.4) is 0 Å². The third-order valence-electron chi connectivity index (χ3n) is 3.51. The van der Waals surface area contributed by atoms with Gasteiger partial charge in [0.15, 0.2) is 0 Å². The van der Waals surface area contributed by atoms with E-state index < -0.39 is 0 Å². The van der Waals surface area contributed by atoms with Crippen LogP contribution in [0.2, 0.25) is 0 Å². The number of hydrogen-bond acceptors (Lipinski definition) is 3. The first-order chi connectivity index (χ1) is 8.67. The minimum Gasteiger partial charge on any atom is -0.392 e. The number of hydrogen-bond donors (Lipinski definition) is 2. The highest BCUT2D eigenvalue weighted by molar-refractivity contribution is 9.10. The molecule has 0 aliphatic heterocycles. The summed E-state index contributed by atoms with van der Waals surface area (Å²) in [4.78, 5) is 0. The van der Waals surface area contributed by atoms with Gasteiger partial charge in [0.1, 0.15) is 0 Å². The Labute approximate surface area is 117 Å². The molecule has 2 N–H and O–H groups in total. The summed E-state index contributed by atoms with van der Waals surface area (Å²) in [6, 6.07) is 0. The summed E-state index contributed by atoms with van der Waals surface area (Å²) in [7, 11) is 0. The maximum Gasteiger partial charge on any atom is 0.0767 e. The van der Waals surface area contributed by atoms with Gasteiger partial charge in [0.05, 0.1) is 22.0 Å². The molecule has 1 atom stereocenters. The summed E-state index contributed by atoms with van der Waals surface area (Å²) in [6.45, 7) is 6.52. The fourth-order valence-electron chi connectivity index (χ4n) is 2.17. The van der Waals surface area contributed by atoms with Gasteiger partial charge >= 0.3 is 0 Å².